The first-order valence-corrected chi connectivity index (χ1v) is 9.15. The Kier molecular flexibility index (Phi) is 5.20. The van der Waals surface area contributed by atoms with Gasteiger partial charge in [0.25, 0.3) is 0 Å². The van der Waals surface area contributed by atoms with Crippen LogP contribution in [-0.2, 0) is 6.61 Å². The number of fused-ring (bicyclic) bond motifs is 1. The minimum absolute atomic E-state index is 0.174. The van der Waals surface area contributed by atoms with E-state index in [4.69, 9.17) is 18.9 Å². The van der Waals surface area contributed by atoms with Crippen LogP contribution >= 0.6 is 0 Å². The number of carbonyl (C=O) groups excluding carboxylic acids is 1. The molecule has 0 unspecified atom stereocenters. The molecule has 1 heterocycles. The molecule has 1 aliphatic rings. The van der Waals surface area contributed by atoms with Crippen LogP contribution < -0.4 is 18.9 Å². The molecule has 0 radical (unpaired) electrons. The maximum absolute atomic E-state index is 12.7. The van der Waals surface area contributed by atoms with Gasteiger partial charge in [-0.3, -0.25) is 4.79 Å². The Balaban J connectivity index is 1.54. The van der Waals surface area contributed by atoms with Gasteiger partial charge in [-0.05, 0) is 35.9 Å². The minimum atomic E-state index is -0.174. The molecule has 0 aromatic heterocycles. The lowest BCUT2D eigenvalue weighted by Gasteiger charge is -2.08. The van der Waals surface area contributed by atoms with Gasteiger partial charge >= 0.3 is 0 Å². The predicted molar refractivity (Wildman–Crippen MR) is 110 cm³/mol. The van der Waals surface area contributed by atoms with Crippen molar-refractivity contribution >= 4 is 11.9 Å². The first-order valence-electron chi connectivity index (χ1n) is 9.15. The Morgan fingerprint density at radius 3 is 2.45 bits per heavy atom. The highest BCUT2D eigenvalue weighted by atomic mass is 16.5. The summed E-state index contributed by atoms with van der Waals surface area (Å²) >= 11 is 0. The third-order valence-corrected chi connectivity index (χ3v) is 4.62. The summed E-state index contributed by atoms with van der Waals surface area (Å²) in [6.45, 7) is 0.444. The molecule has 29 heavy (non-hydrogen) atoms. The van der Waals surface area contributed by atoms with Crippen molar-refractivity contribution in [1.82, 2.24) is 0 Å². The molecule has 0 saturated heterocycles. The van der Waals surface area contributed by atoms with E-state index in [9.17, 15) is 4.79 Å². The lowest BCUT2D eigenvalue weighted by molar-refractivity contribution is 0.101. The zero-order valence-corrected chi connectivity index (χ0v) is 16.2. The summed E-state index contributed by atoms with van der Waals surface area (Å²) in [5, 5.41) is 0. The topological polar surface area (TPSA) is 54.0 Å². The summed E-state index contributed by atoms with van der Waals surface area (Å²) in [5.41, 5.74) is 2.30. The van der Waals surface area contributed by atoms with Crippen LogP contribution in [0.25, 0.3) is 6.08 Å². The van der Waals surface area contributed by atoms with Gasteiger partial charge in [-0.25, -0.2) is 0 Å². The molecule has 0 saturated carbocycles. The van der Waals surface area contributed by atoms with Gasteiger partial charge in [0.2, 0.25) is 5.78 Å². The summed E-state index contributed by atoms with van der Waals surface area (Å²) in [6.07, 6.45) is 1.67. The van der Waals surface area contributed by atoms with Crippen LogP contribution in [0.1, 0.15) is 21.5 Å². The van der Waals surface area contributed by atoms with Gasteiger partial charge in [0.05, 0.1) is 19.8 Å². The van der Waals surface area contributed by atoms with Crippen molar-refractivity contribution in [1.29, 1.82) is 0 Å². The van der Waals surface area contributed by atoms with E-state index in [0.29, 0.717) is 35.2 Å². The molecular weight excluding hydrogens is 368 g/mol. The van der Waals surface area contributed by atoms with Gasteiger partial charge in [-0.15, -0.1) is 0 Å². The second kappa shape index (κ2) is 8.10. The number of rotatable bonds is 6. The van der Waals surface area contributed by atoms with Crippen molar-refractivity contribution in [2.24, 2.45) is 0 Å². The van der Waals surface area contributed by atoms with E-state index in [1.165, 1.54) is 0 Å². The first kappa shape index (κ1) is 18.6. The van der Waals surface area contributed by atoms with Crippen LogP contribution in [0.3, 0.4) is 0 Å². The first-order chi connectivity index (χ1) is 14.2. The molecule has 0 N–H and O–H groups in total. The molecule has 0 atom stereocenters. The van der Waals surface area contributed by atoms with Crippen molar-refractivity contribution in [3.63, 3.8) is 0 Å². The van der Waals surface area contributed by atoms with E-state index in [0.717, 1.165) is 11.1 Å². The smallest absolute Gasteiger partial charge is 0.231 e. The molecule has 0 spiro atoms. The zero-order valence-electron chi connectivity index (χ0n) is 16.2. The third kappa shape index (κ3) is 3.94. The third-order valence-electron chi connectivity index (χ3n) is 4.62. The Bertz CT molecular complexity index is 1070. The van der Waals surface area contributed by atoms with Crippen LogP contribution in [0.2, 0.25) is 0 Å². The predicted octanol–water partition coefficient (Wildman–Crippen LogP) is 4.90. The molecule has 5 heteroatoms. The summed E-state index contributed by atoms with van der Waals surface area (Å²) in [7, 11) is 3.16. The van der Waals surface area contributed by atoms with Crippen molar-refractivity contribution in [3.8, 4) is 23.0 Å². The Morgan fingerprint density at radius 2 is 1.69 bits per heavy atom. The van der Waals surface area contributed by atoms with E-state index in [1.807, 2.05) is 36.4 Å². The van der Waals surface area contributed by atoms with Crippen LogP contribution in [0.4, 0.5) is 0 Å². The minimum Gasteiger partial charge on any atom is -0.497 e. The molecule has 4 rings (SSSR count). The lowest BCUT2D eigenvalue weighted by Crippen LogP contribution is -1.99. The SMILES string of the molecule is COc1ccc(/C=C2\Oc3cc(OCc4ccccc4)ccc3C2=O)c(OC)c1. The van der Waals surface area contributed by atoms with E-state index >= 15 is 0 Å². The van der Waals surface area contributed by atoms with E-state index in [2.05, 4.69) is 0 Å². The van der Waals surface area contributed by atoms with Crippen molar-refractivity contribution < 1.29 is 23.7 Å². The van der Waals surface area contributed by atoms with Gasteiger partial charge in [0.1, 0.15) is 29.6 Å². The average Bonchev–Trinajstić information content (AvgIpc) is 3.08. The largest absolute Gasteiger partial charge is 0.497 e. The van der Waals surface area contributed by atoms with Gasteiger partial charge in [-0.2, -0.15) is 0 Å². The van der Waals surface area contributed by atoms with Gasteiger partial charge < -0.3 is 18.9 Å². The second-order valence-electron chi connectivity index (χ2n) is 6.48. The summed E-state index contributed by atoms with van der Waals surface area (Å²) in [6, 6.07) is 20.5. The summed E-state index contributed by atoms with van der Waals surface area (Å²) < 4.78 is 22.2. The Hall–Kier alpha value is -3.73. The average molecular weight is 388 g/mol. The van der Waals surface area contributed by atoms with Gasteiger partial charge in [0, 0.05) is 17.7 Å². The molecular formula is C24H20O5. The van der Waals surface area contributed by atoms with Crippen LogP contribution in [0.15, 0.2) is 72.5 Å². The maximum Gasteiger partial charge on any atom is 0.231 e. The fraction of sp³-hybridized carbons (Fsp3) is 0.125. The van der Waals surface area contributed by atoms with Crippen LogP contribution in [0, 0.1) is 0 Å². The highest BCUT2D eigenvalue weighted by Crippen LogP contribution is 2.36. The molecule has 3 aromatic rings. The fourth-order valence-corrected chi connectivity index (χ4v) is 3.08. The standard InChI is InChI=1S/C24H20O5/c1-26-18-9-8-17(21(13-18)27-2)12-23-24(25)20-11-10-19(14-22(20)29-23)28-15-16-6-4-3-5-7-16/h3-14H,15H2,1-2H3/b23-12-. The molecule has 0 fully saturated rings. The number of ketones is 1. The van der Waals surface area contributed by atoms with Crippen molar-refractivity contribution in [2.45, 2.75) is 6.61 Å². The number of benzene rings is 3. The molecule has 1 aliphatic heterocycles. The van der Waals surface area contributed by atoms with E-state index in [-0.39, 0.29) is 11.5 Å². The Labute approximate surface area is 169 Å². The summed E-state index contributed by atoms with van der Waals surface area (Å²) in [5.74, 6) is 2.46. The van der Waals surface area contributed by atoms with Crippen molar-refractivity contribution in [3.05, 3.63) is 89.2 Å². The number of methoxy groups -OCH3 is 2. The zero-order chi connectivity index (χ0) is 20.2. The van der Waals surface area contributed by atoms with E-state index < -0.39 is 0 Å². The molecule has 0 bridgehead atoms. The normalized spacial score (nSPS) is 13.7. The molecule has 3 aromatic carbocycles. The molecule has 0 aliphatic carbocycles. The number of hydrogen-bond acceptors (Lipinski definition) is 5. The highest BCUT2D eigenvalue weighted by Gasteiger charge is 2.28. The fourth-order valence-electron chi connectivity index (χ4n) is 3.08. The number of allylic oxidation sites excluding steroid dienone is 1. The van der Waals surface area contributed by atoms with Crippen LogP contribution in [0.5, 0.6) is 23.0 Å². The molecule has 0 amide bonds. The lowest BCUT2D eigenvalue weighted by atomic mass is 10.1. The number of ether oxygens (including phenoxy) is 4. The summed E-state index contributed by atoms with van der Waals surface area (Å²) in [4.78, 5) is 12.7. The molecule has 5 nitrogen and oxygen atoms in total. The molecule has 146 valence electrons. The quantitative estimate of drug-likeness (QED) is 0.562. The highest BCUT2D eigenvalue weighted by molar-refractivity contribution is 6.14. The van der Waals surface area contributed by atoms with Crippen LogP contribution in [-0.4, -0.2) is 20.0 Å². The monoisotopic (exact) mass is 388 g/mol. The number of Topliss-reactive ketones (excluding diaryl/α,β-unsaturated/α-hetero) is 1. The van der Waals surface area contributed by atoms with Gasteiger partial charge in [0.15, 0.2) is 5.76 Å². The Morgan fingerprint density at radius 1 is 0.897 bits per heavy atom. The van der Waals surface area contributed by atoms with Gasteiger partial charge in [-0.1, -0.05) is 30.3 Å². The maximum atomic E-state index is 12.7. The number of carbonyl (C=O) groups is 1. The second-order valence-corrected chi connectivity index (χ2v) is 6.48. The number of hydrogen-bond donors (Lipinski definition) is 0. The van der Waals surface area contributed by atoms with E-state index in [1.54, 1.807) is 50.6 Å². The van der Waals surface area contributed by atoms with Crippen molar-refractivity contribution in [2.75, 3.05) is 14.2 Å².